The number of rotatable bonds is 3. The van der Waals surface area contributed by atoms with Crippen molar-refractivity contribution in [3.05, 3.63) is 18.0 Å². The zero-order chi connectivity index (χ0) is 10.5. The maximum atomic E-state index is 11.5. The Morgan fingerprint density at radius 2 is 2.60 bits per heavy atom. The second kappa shape index (κ2) is 4.93. The molecule has 1 aliphatic heterocycles. The van der Waals surface area contributed by atoms with Crippen LogP contribution in [0.5, 0.6) is 0 Å². The van der Waals surface area contributed by atoms with Gasteiger partial charge in [0.15, 0.2) is 0 Å². The van der Waals surface area contributed by atoms with Crippen LogP contribution >= 0.6 is 0 Å². The molecule has 0 aliphatic carbocycles. The van der Waals surface area contributed by atoms with Crippen LogP contribution in [0.2, 0.25) is 0 Å². The van der Waals surface area contributed by atoms with E-state index in [0.717, 1.165) is 19.4 Å². The molecule has 1 aromatic heterocycles. The lowest BCUT2D eigenvalue weighted by atomic mass is 10.1. The van der Waals surface area contributed by atoms with E-state index in [4.69, 9.17) is 4.74 Å². The van der Waals surface area contributed by atoms with Gasteiger partial charge in [-0.05, 0) is 12.8 Å². The highest BCUT2D eigenvalue weighted by atomic mass is 16.5. The average molecular weight is 210 g/mol. The van der Waals surface area contributed by atoms with E-state index in [9.17, 15) is 4.79 Å². The van der Waals surface area contributed by atoms with E-state index in [1.165, 1.54) is 6.26 Å². The topological polar surface area (TPSA) is 64.4 Å². The van der Waals surface area contributed by atoms with Gasteiger partial charge in [-0.1, -0.05) is 5.16 Å². The van der Waals surface area contributed by atoms with Crippen molar-refractivity contribution in [1.29, 1.82) is 0 Å². The van der Waals surface area contributed by atoms with Gasteiger partial charge in [-0.3, -0.25) is 4.79 Å². The average Bonchev–Trinajstić information content (AvgIpc) is 2.71. The molecule has 1 aliphatic rings. The Morgan fingerprint density at radius 3 is 3.27 bits per heavy atom. The second-order valence-electron chi connectivity index (χ2n) is 3.65. The Hall–Kier alpha value is -1.36. The highest BCUT2D eigenvalue weighted by Crippen LogP contribution is 2.06. The van der Waals surface area contributed by atoms with Crippen LogP contribution in [0.25, 0.3) is 0 Å². The standard InChI is InChI=1S/C10H14N2O3/c13-10(6-8-3-5-15-12-8)11-9-2-1-4-14-7-9/h3,5,9H,1-2,4,6-7H2,(H,11,13)/t9-/m1/s1. The SMILES string of the molecule is O=C(Cc1ccon1)N[C@@H]1CCCOC1. The number of carbonyl (C=O) groups excluding carboxylic acids is 1. The van der Waals surface area contributed by atoms with Crippen molar-refractivity contribution in [2.24, 2.45) is 0 Å². The number of amides is 1. The van der Waals surface area contributed by atoms with Gasteiger partial charge < -0.3 is 14.6 Å². The summed E-state index contributed by atoms with van der Waals surface area (Å²) >= 11 is 0. The molecule has 0 saturated carbocycles. The van der Waals surface area contributed by atoms with Crippen LogP contribution in [0.3, 0.4) is 0 Å². The van der Waals surface area contributed by atoms with Crippen LogP contribution < -0.4 is 5.32 Å². The van der Waals surface area contributed by atoms with Gasteiger partial charge in [0, 0.05) is 12.7 Å². The van der Waals surface area contributed by atoms with Crippen LogP contribution in [0.1, 0.15) is 18.5 Å². The fourth-order valence-electron chi connectivity index (χ4n) is 1.63. The molecule has 1 saturated heterocycles. The van der Waals surface area contributed by atoms with Crippen molar-refractivity contribution in [3.8, 4) is 0 Å². The van der Waals surface area contributed by atoms with E-state index in [-0.39, 0.29) is 18.4 Å². The zero-order valence-electron chi connectivity index (χ0n) is 8.44. The highest BCUT2D eigenvalue weighted by molar-refractivity contribution is 5.78. The van der Waals surface area contributed by atoms with Crippen LogP contribution in [0.15, 0.2) is 16.9 Å². The molecule has 0 radical (unpaired) electrons. The summed E-state index contributed by atoms with van der Waals surface area (Å²) in [5.41, 5.74) is 0.657. The number of ether oxygens (including phenoxy) is 1. The minimum absolute atomic E-state index is 0.0283. The summed E-state index contributed by atoms with van der Waals surface area (Å²) in [5, 5.41) is 6.59. The molecule has 0 unspecified atom stereocenters. The van der Waals surface area contributed by atoms with Gasteiger partial charge in [0.25, 0.3) is 0 Å². The van der Waals surface area contributed by atoms with Crippen molar-refractivity contribution < 1.29 is 14.1 Å². The molecule has 1 fully saturated rings. The predicted molar refractivity (Wildman–Crippen MR) is 52.2 cm³/mol. The molecule has 0 bridgehead atoms. The molecule has 1 atom stereocenters. The molecule has 1 amide bonds. The van der Waals surface area contributed by atoms with Crippen molar-refractivity contribution >= 4 is 5.91 Å². The predicted octanol–water partition coefficient (Wildman–Crippen LogP) is 0.512. The minimum Gasteiger partial charge on any atom is -0.379 e. The third kappa shape index (κ3) is 3.06. The van der Waals surface area contributed by atoms with Gasteiger partial charge in [-0.2, -0.15) is 0 Å². The largest absolute Gasteiger partial charge is 0.379 e. The summed E-state index contributed by atoms with van der Waals surface area (Å²) in [6.07, 6.45) is 3.73. The fourth-order valence-corrected chi connectivity index (χ4v) is 1.63. The molecular weight excluding hydrogens is 196 g/mol. The lowest BCUT2D eigenvalue weighted by Crippen LogP contribution is -2.41. The van der Waals surface area contributed by atoms with E-state index in [1.807, 2.05) is 0 Å². The van der Waals surface area contributed by atoms with E-state index in [0.29, 0.717) is 12.3 Å². The van der Waals surface area contributed by atoms with Gasteiger partial charge in [-0.25, -0.2) is 0 Å². The van der Waals surface area contributed by atoms with Crippen molar-refractivity contribution in [2.75, 3.05) is 13.2 Å². The lowest BCUT2D eigenvalue weighted by molar-refractivity contribution is -0.122. The molecule has 2 heterocycles. The molecule has 5 heteroatoms. The monoisotopic (exact) mass is 210 g/mol. The highest BCUT2D eigenvalue weighted by Gasteiger charge is 2.16. The van der Waals surface area contributed by atoms with Gasteiger partial charge in [0.1, 0.15) is 6.26 Å². The fraction of sp³-hybridized carbons (Fsp3) is 0.600. The number of hydrogen-bond acceptors (Lipinski definition) is 4. The smallest absolute Gasteiger partial charge is 0.226 e. The molecular formula is C10H14N2O3. The Kier molecular flexibility index (Phi) is 3.34. The summed E-state index contributed by atoms with van der Waals surface area (Å²) in [4.78, 5) is 11.5. The first-order valence-corrected chi connectivity index (χ1v) is 5.11. The van der Waals surface area contributed by atoms with E-state index >= 15 is 0 Å². The summed E-state index contributed by atoms with van der Waals surface area (Å²) in [6.45, 7) is 1.42. The molecule has 82 valence electrons. The number of hydrogen-bond donors (Lipinski definition) is 1. The molecule has 2 rings (SSSR count). The molecule has 5 nitrogen and oxygen atoms in total. The lowest BCUT2D eigenvalue weighted by Gasteiger charge is -2.22. The number of aromatic nitrogens is 1. The van der Waals surface area contributed by atoms with Crippen LogP contribution in [0.4, 0.5) is 0 Å². The zero-order valence-corrected chi connectivity index (χ0v) is 8.44. The Morgan fingerprint density at radius 1 is 1.67 bits per heavy atom. The molecule has 0 spiro atoms. The van der Waals surface area contributed by atoms with Crippen molar-refractivity contribution in [2.45, 2.75) is 25.3 Å². The van der Waals surface area contributed by atoms with Crippen LogP contribution in [-0.4, -0.2) is 30.3 Å². The number of nitrogens with one attached hydrogen (secondary N) is 1. The quantitative estimate of drug-likeness (QED) is 0.789. The summed E-state index contributed by atoms with van der Waals surface area (Å²) in [5.74, 6) is -0.0283. The first-order chi connectivity index (χ1) is 7.34. The van der Waals surface area contributed by atoms with E-state index in [2.05, 4.69) is 15.0 Å². The van der Waals surface area contributed by atoms with Crippen molar-refractivity contribution in [1.82, 2.24) is 10.5 Å². The van der Waals surface area contributed by atoms with E-state index < -0.39 is 0 Å². The molecule has 1 aromatic rings. The van der Waals surface area contributed by atoms with Gasteiger partial charge in [-0.15, -0.1) is 0 Å². The first kappa shape index (κ1) is 10.2. The maximum absolute atomic E-state index is 11.5. The normalized spacial score (nSPS) is 21.2. The Bertz CT molecular complexity index is 304. The van der Waals surface area contributed by atoms with E-state index in [1.54, 1.807) is 6.07 Å². The summed E-state index contributed by atoms with van der Waals surface area (Å²) in [7, 11) is 0. The first-order valence-electron chi connectivity index (χ1n) is 5.11. The molecule has 0 aromatic carbocycles. The maximum Gasteiger partial charge on any atom is 0.226 e. The Labute approximate surface area is 87.8 Å². The second-order valence-corrected chi connectivity index (χ2v) is 3.65. The number of nitrogens with zero attached hydrogens (tertiary/aromatic N) is 1. The minimum atomic E-state index is -0.0283. The molecule has 15 heavy (non-hydrogen) atoms. The van der Waals surface area contributed by atoms with Gasteiger partial charge in [0.2, 0.25) is 5.91 Å². The Balaban J connectivity index is 1.76. The summed E-state index contributed by atoms with van der Waals surface area (Å²) < 4.78 is 9.92. The van der Waals surface area contributed by atoms with Crippen molar-refractivity contribution in [3.63, 3.8) is 0 Å². The third-order valence-electron chi connectivity index (χ3n) is 2.36. The van der Waals surface area contributed by atoms with Crippen LogP contribution in [-0.2, 0) is 16.0 Å². The molecule has 1 N–H and O–H groups in total. The van der Waals surface area contributed by atoms with Gasteiger partial charge in [0.05, 0.1) is 24.8 Å². The van der Waals surface area contributed by atoms with Gasteiger partial charge >= 0.3 is 0 Å². The summed E-state index contributed by atoms with van der Waals surface area (Å²) in [6, 6.07) is 1.84. The number of carbonyl (C=O) groups is 1. The van der Waals surface area contributed by atoms with Crippen LogP contribution in [0, 0.1) is 0 Å². The third-order valence-corrected chi connectivity index (χ3v) is 2.36.